The van der Waals surface area contributed by atoms with Gasteiger partial charge in [0.2, 0.25) is 0 Å². The summed E-state index contributed by atoms with van der Waals surface area (Å²) in [6, 6.07) is 0. The Bertz CT molecular complexity index is 358. The summed E-state index contributed by atoms with van der Waals surface area (Å²) >= 11 is 0. The third-order valence-electron chi connectivity index (χ3n) is 2.85. The van der Waals surface area contributed by atoms with E-state index < -0.39 is 0 Å². The van der Waals surface area contributed by atoms with Crippen LogP contribution in [0.15, 0.2) is 12.4 Å². The maximum atomic E-state index is 5.83. The number of hydrogen-bond acceptors (Lipinski definition) is 3. The Kier molecular flexibility index (Phi) is 6.35. The number of nitrogens with one attached hydrogen (secondary N) is 1. The highest BCUT2D eigenvalue weighted by Gasteiger charge is 2.19. The fourth-order valence-electron chi connectivity index (χ4n) is 1.80. The zero-order valence-corrected chi connectivity index (χ0v) is 13.1. The molecule has 0 amide bonds. The Labute approximate surface area is 117 Å². The molecule has 0 radical (unpaired) electrons. The van der Waals surface area contributed by atoms with Crippen molar-refractivity contribution >= 4 is 0 Å². The Morgan fingerprint density at radius 1 is 1.42 bits per heavy atom. The van der Waals surface area contributed by atoms with Gasteiger partial charge in [-0.05, 0) is 18.9 Å². The molecule has 4 heteroatoms. The summed E-state index contributed by atoms with van der Waals surface area (Å²) in [5, 5.41) is 7.75. The Morgan fingerprint density at radius 2 is 2.16 bits per heavy atom. The first-order valence-electron chi connectivity index (χ1n) is 7.29. The molecule has 4 nitrogen and oxygen atoms in total. The third kappa shape index (κ3) is 6.62. The van der Waals surface area contributed by atoms with Crippen LogP contribution < -0.4 is 10.1 Å². The van der Waals surface area contributed by atoms with Crippen LogP contribution >= 0.6 is 0 Å². The first-order chi connectivity index (χ1) is 8.93. The molecule has 0 atom stereocenters. The van der Waals surface area contributed by atoms with Crippen LogP contribution in [-0.4, -0.2) is 29.5 Å². The molecule has 1 N–H and O–H groups in total. The molecule has 19 heavy (non-hydrogen) atoms. The van der Waals surface area contributed by atoms with Crippen molar-refractivity contribution in [3.05, 3.63) is 12.4 Å². The maximum Gasteiger partial charge on any atom is 0.157 e. The molecule has 0 bridgehead atoms. The van der Waals surface area contributed by atoms with Crippen molar-refractivity contribution in [1.29, 1.82) is 0 Å². The average Bonchev–Trinajstić information content (AvgIpc) is 2.74. The van der Waals surface area contributed by atoms with Gasteiger partial charge in [-0.1, -0.05) is 34.6 Å². The number of aryl methyl sites for hydroxylation is 1. The number of hydrogen-bond donors (Lipinski definition) is 1. The molecular weight excluding hydrogens is 238 g/mol. The standard InChI is InChI=1S/C15H29N3O/c1-6-7-18-10-14(9-17-18)19-12-15(4,5)11-16-8-13(2)3/h9-10,13,16H,6-8,11-12H2,1-5H3. The lowest BCUT2D eigenvalue weighted by molar-refractivity contribution is 0.175. The molecule has 0 saturated carbocycles. The van der Waals surface area contributed by atoms with Gasteiger partial charge in [0.15, 0.2) is 5.75 Å². The highest BCUT2D eigenvalue weighted by atomic mass is 16.5. The molecule has 0 aliphatic carbocycles. The number of ether oxygens (including phenoxy) is 1. The lowest BCUT2D eigenvalue weighted by Gasteiger charge is -2.25. The first-order valence-corrected chi connectivity index (χ1v) is 7.29. The van der Waals surface area contributed by atoms with Crippen molar-refractivity contribution in [2.24, 2.45) is 11.3 Å². The van der Waals surface area contributed by atoms with E-state index in [0.29, 0.717) is 12.5 Å². The molecule has 0 aromatic carbocycles. The number of rotatable bonds is 9. The van der Waals surface area contributed by atoms with E-state index in [-0.39, 0.29) is 5.41 Å². The minimum absolute atomic E-state index is 0.127. The van der Waals surface area contributed by atoms with Crippen molar-refractivity contribution in [2.45, 2.75) is 47.6 Å². The predicted molar refractivity (Wildman–Crippen MR) is 79.5 cm³/mol. The van der Waals surface area contributed by atoms with E-state index >= 15 is 0 Å². The predicted octanol–water partition coefficient (Wildman–Crippen LogP) is 2.94. The highest BCUT2D eigenvalue weighted by Crippen LogP contribution is 2.17. The van der Waals surface area contributed by atoms with Crippen LogP contribution in [0.3, 0.4) is 0 Å². The quantitative estimate of drug-likeness (QED) is 0.747. The van der Waals surface area contributed by atoms with Crippen LogP contribution in [-0.2, 0) is 6.54 Å². The minimum Gasteiger partial charge on any atom is -0.490 e. The Balaban J connectivity index is 2.32. The van der Waals surface area contributed by atoms with Gasteiger partial charge in [0.1, 0.15) is 0 Å². The van der Waals surface area contributed by atoms with Crippen molar-refractivity contribution in [1.82, 2.24) is 15.1 Å². The van der Waals surface area contributed by atoms with Crippen LogP contribution in [0.25, 0.3) is 0 Å². The van der Waals surface area contributed by atoms with Crippen molar-refractivity contribution in [3.8, 4) is 5.75 Å². The minimum atomic E-state index is 0.127. The van der Waals surface area contributed by atoms with Crippen molar-refractivity contribution in [2.75, 3.05) is 19.7 Å². The third-order valence-corrected chi connectivity index (χ3v) is 2.85. The van der Waals surface area contributed by atoms with Crippen molar-refractivity contribution in [3.63, 3.8) is 0 Å². The topological polar surface area (TPSA) is 39.1 Å². The second-order valence-electron chi connectivity index (χ2n) is 6.42. The summed E-state index contributed by atoms with van der Waals surface area (Å²) < 4.78 is 7.76. The summed E-state index contributed by atoms with van der Waals surface area (Å²) in [4.78, 5) is 0. The van der Waals surface area contributed by atoms with E-state index in [1.165, 1.54) is 0 Å². The normalized spacial score (nSPS) is 12.1. The van der Waals surface area contributed by atoms with E-state index in [1.807, 2.05) is 10.9 Å². The van der Waals surface area contributed by atoms with E-state index in [0.717, 1.165) is 31.8 Å². The monoisotopic (exact) mass is 267 g/mol. The van der Waals surface area contributed by atoms with Crippen LogP contribution in [0.5, 0.6) is 5.75 Å². The van der Waals surface area contributed by atoms with Crippen LogP contribution in [0.4, 0.5) is 0 Å². The van der Waals surface area contributed by atoms with E-state index in [4.69, 9.17) is 4.74 Å². The molecule has 1 aromatic heterocycles. The highest BCUT2D eigenvalue weighted by molar-refractivity contribution is 5.11. The summed E-state index contributed by atoms with van der Waals surface area (Å²) in [5.74, 6) is 1.55. The van der Waals surface area contributed by atoms with Crippen molar-refractivity contribution < 1.29 is 4.74 Å². The molecule has 1 heterocycles. The molecular formula is C15H29N3O. The smallest absolute Gasteiger partial charge is 0.157 e. The summed E-state index contributed by atoms with van der Waals surface area (Å²) in [6.45, 7) is 14.7. The SMILES string of the molecule is CCCn1cc(OCC(C)(C)CNCC(C)C)cn1. The van der Waals surface area contributed by atoms with Gasteiger partial charge < -0.3 is 10.1 Å². The van der Waals surface area contributed by atoms with Gasteiger partial charge in [-0.25, -0.2) is 0 Å². The Hall–Kier alpha value is -1.03. The molecule has 1 rings (SSSR count). The van der Waals surface area contributed by atoms with Crippen LogP contribution in [0, 0.1) is 11.3 Å². The zero-order valence-electron chi connectivity index (χ0n) is 13.1. The first kappa shape index (κ1) is 16.0. The van der Waals surface area contributed by atoms with Gasteiger partial charge in [0, 0.05) is 18.5 Å². The molecule has 0 aliphatic rings. The van der Waals surface area contributed by atoms with Gasteiger partial charge >= 0.3 is 0 Å². The maximum absolute atomic E-state index is 5.83. The molecule has 0 aliphatic heterocycles. The average molecular weight is 267 g/mol. The fraction of sp³-hybridized carbons (Fsp3) is 0.800. The molecule has 0 spiro atoms. The Morgan fingerprint density at radius 3 is 2.79 bits per heavy atom. The lowest BCUT2D eigenvalue weighted by atomic mass is 9.94. The van der Waals surface area contributed by atoms with E-state index in [9.17, 15) is 0 Å². The summed E-state index contributed by atoms with van der Waals surface area (Å²) in [6.07, 6.45) is 4.86. The van der Waals surface area contributed by atoms with Crippen LogP contribution in [0.2, 0.25) is 0 Å². The molecule has 0 saturated heterocycles. The largest absolute Gasteiger partial charge is 0.490 e. The van der Waals surface area contributed by atoms with Gasteiger partial charge in [0.05, 0.1) is 19.0 Å². The number of nitrogens with zero attached hydrogens (tertiary/aromatic N) is 2. The second-order valence-corrected chi connectivity index (χ2v) is 6.42. The summed E-state index contributed by atoms with van der Waals surface area (Å²) in [5.41, 5.74) is 0.127. The van der Waals surface area contributed by atoms with E-state index in [1.54, 1.807) is 6.20 Å². The van der Waals surface area contributed by atoms with Gasteiger partial charge in [0.25, 0.3) is 0 Å². The number of aromatic nitrogens is 2. The molecule has 1 aromatic rings. The molecule has 0 fully saturated rings. The fourth-order valence-corrected chi connectivity index (χ4v) is 1.80. The van der Waals surface area contributed by atoms with Gasteiger partial charge in [-0.15, -0.1) is 0 Å². The van der Waals surface area contributed by atoms with E-state index in [2.05, 4.69) is 45.0 Å². The second kappa shape index (κ2) is 7.53. The van der Waals surface area contributed by atoms with Crippen LogP contribution in [0.1, 0.15) is 41.0 Å². The van der Waals surface area contributed by atoms with Gasteiger partial charge in [-0.2, -0.15) is 5.10 Å². The zero-order chi connectivity index (χ0) is 14.3. The molecule has 0 unspecified atom stereocenters. The van der Waals surface area contributed by atoms with Gasteiger partial charge in [-0.3, -0.25) is 4.68 Å². The lowest BCUT2D eigenvalue weighted by Crippen LogP contribution is -2.35. The molecule has 110 valence electrons. The summed E-state index contributed by atoms with van der Waals surface area (Å²) in [7, 11) is 0.